The fourth-order valence-corrected chi connectivity index (χ4v) is 3.31. The van der Waals surface area contributed by atoms with E-state index in [2.05, 4.69) is 4.74 Å². The molecule has 1 rings (SSSR count). The second kappa shape index (κ2) is 8.34. The number of aliphatic carboxylic acids is 2. The fourth-order valence-electron chi connectivity index (χ4n) is 1.80. The third-order valence-corrected chi connectivity index (χ3v) is 5.08. The molecule has 0 spiro atoms. The van der Waals surface area contributed by atoms with E-state index in [1.807, 2.05) is 0 Å². The first-order chi connectivity index (χ1) is 11.5. The zero-order valence-corrected chi connectivity index (χ0v) is 13.5. The number of aliphatic hydroxyl groups excluding tert-OH is 1. The van der Waals surface area contributed by atoms with Crippen LogP contribution in [0.3, 0.4) is 0 Å². The second-order valence-corrected chi connectivity index (χ2v) is 7.53. The highest BCUT2D eigenvalue weighted by Gasteiger charge is 2.33. The molecule has 1 aromatic carbocycles. The predicted octanol–water partition coefficient (Wildman–Crippen LogP) is 0.491. The Hall–Kier alpha value is -2.07. The summed E-state index contributed by atoms with van der Waals surface area (Å²) in [4.78, 5) is 30.7. The largest absolute Gasteiger partial charge is 0.480 e. The van der Waals surface area contributed by atoms with Crippen LogP contribution >= 0.6 is 7.37 Å². The molecule has 0 saturated heterocycles. The molecular weight excluding hydrogens is 367 g/mol. The molecule has 0 fully saturated rings. The van der Waals surface area contributed by atoms with E-state index in [9.17, 15) is 32.9 Å². The number of rotatable bonds is 9. The molecule has 2 unspecified atom stereocenters. The summed E-state index contributed by atoms with van der Waals surface area (Å²) in [6.07, 6.45) is -1.13. The van der Waals surface area contributed by atoms with Crippen molar-refractivity contribution in [3.05, 3.63) is 29.3 Å². The van der Waals surface area contributed by atoms with Crippen LogP contribution in [0.25, 0.3) is 0 Å². The average molecular weight is 383 g/mol. The van der Waals surface area contributed by atoms with Gasteiger partial charge >= 0.3 is 11.9 Å². The highest BCUT2D eigenvalue weighted by molar-refractivity contribution is 7.58. The maximum absolute atomic E-state index is 13.8. The molecule has 0 aliphatic carbocycles. The maximum atomic E-state index is 13.8. The smallest absolute Gasteiger partial charge is 0.341 e. The van der Waals surface area contributed by atoms with E-state index in [0.717, 1.165) is 0 Å². The summed E-state index contributed by atoms with van der Waals surface area (Å²) >= 11 is 0. The molecule has 140 valence electrons. The zero-order valence-electron chi connectivity index (χ0n) is 12.6. The van der Waals surface area contributed by atoms with Crippen LogP contribution in [-0.4, -0.2) is 51.0 Å². The van der Waals surface area contributed by atoms with Crippen LogP contribution in [0.4, 0.5) is 8.78 Å². The van der Waals surface area contributed by atoms with Crippen LogP contribution in [0.5, 0.6) is 5.75 Å². The van der Waals surface area contributed by atoms with Crippen LogP contribution in [0, 0.1) is 11.6 Å². The lowest BCUT2D eigenvalue weighted by molar-refractivity contribution is -0.140. The van der Waals surface area contributed by atoms with Gasteiger partial charge in [0.15, 0.2) is 29.8 Å². The molecule has 0 saturated carbocycles. The van der Waals surface area contributed by atoms with Crippen molar-refractivity contribution in [2.24, 2.45) is 5.73 Å². The van der Waals surface area contributed by atoms with Crippen LogP contribution in [0.15, 0.2) is 12.1 Å². The van der Waals surface area contributed by atoms with Gasteiger partial charge in [0, 0.05) is 6.16 Å². The summed E-state index contributed by atoms with van der Waals surface area (Å²) in [5, 5.41) is 26.9. The lowest BCUT2D eigenvalue weighted by Crippen LogP contribution is -2.31. The van der Waals surface area contributed by atoms with Crippen molar-refractivity contribution in [3.63, 3.8) is 0 Å². The number of aliphatic hydroxyl groups is 1. The standard InChI is InChI=1S/C13H16F2NO8P/c14-7-3-6(4-8(15)11(7)24-5-10(17)18)13(21)25(22,23)2-1-9(16)12(19)20/h3-4,9,13,21H,1-2,5,16H2,(H,17,18)(H,19,20)(H,22,23)/t9-,13?/m1/s1. The van der Waals surface area contributed by atoms with Crippen molar-refractivity contribution >= 4 is 19.3 Å². The Kier molecular flexibility index (Phi) is 7.00. The quantitative estimate of drug-likeness (QED) is 0.381. The third-order valence-electron chi connectivity index (χ3n) is 3.12. The van der Waals surface area contributed by atoms with Crippen LogP contribution in [0.2, 0.25) is 0 Å². The van der Waals surface area contributed by atoms with Crippen molar-refractivity contribution in [1.29, 1.82) is 0 Å². The van der Waals surface area contributed by atoms with Crippen LogP contribution in [0.1, 0.15) is 17.8 Å². The Morgan fingerprint density at radius 2 is 1.76 bits per heavy atom. The topological polar surface area (TPSA) is 167 Å². The van der Waals surface area contributed by atoms with E-state index < -0.39 is 73.3 Å². The molecule has 0 heterocycles. The van der Waals surface area contributed by atoms with Gasteiger partial charge in [0.2, 0.25) is 7.37 Å². The summed E-state index contributed by atoms with van der Waals surface area (Å²) in [7, 11) is -4.44. The monoisotopic (exact) mass is 383 g/mol. The molecule has 0 aliphatic rings. The number of hydrogen-bond donors (Lipinski definition) is 5. The number of hydrogen-bond acceptors (Lipinski definition) is 6. The SMILES string of the molecule is N[C@H](CCP(=O)(O)C(O)c1cc(F)c(OCC(=O)O)c(F)c1)C(=O)O. The molecule has 0 amide bonds. The molecule has 12 heteroatoms. The van der Waals surface area contributed by atoms with Gasteiger partial charge in [-0.2, -0.15) is 0 Å². The van der Waals surface area contributed by atoms with Gasteiger partial charge in [0.1, 0.15) is 6.04 Å². The summed E-state index contributed by atoms with van der Waals surface area (Å²) < 4.78 is 44.1. The average Bonchev–Trinajstić information content (AvgIpc) is 2.50. The Balaban J connectivity index is 2.97. The van der Waals surface area contributed by atoms with Crippen molar-refractivity contribution in [2.75, 3.05) is 12.8 Å². The number of carboxylic acids is 2. The number of halogens is 2. The summed E-state index contributed by atoms with van der Waals surface area (Å²) in [5.74, 6) is -8.84. The van der Waals surface area contributed by atoms with Crippen LogP contribution in [-0.2, 0) is 14.2 Å². The first kappa shape index (κ1) is 21.0. The van der Waals surface area contributed by atoms with Gasteiger partial charge in [-0.25, -0.2) is 13.6 Å². The van der Waals surface area contributed by atoms with Gasteiger partial charge < -0.3 is 30.7 Å². The van der Waals surface area contributed by atoms with Crippen molar-refractivity contribution in [1.82, 2.24) is 0 Å². The predicted molar refractivity (Wildman–Crippen MR) is 79.4 cm³/mol. The minimum atomic E-state index is -4.44. The van der Waals surface area contributed by atoms with Crippen LogP contribution < -0.4 is 10.5 Å². The van der Waals surface area contributed by atoms with E-state index >= 15 is 0 Å². The first-order valence-corrected chi connectivity index (χ1v) is 8.68. The lowest BCUT2D eigenvalue weighted by atomic mass is 10.2. The van der Waals surface area contributed by atoms with Gasteiger partial charge in [0.25, 0.3) is 0 Å². The van der Waals surface area contributed by atoms with E-state index in [1.165, 1.54) is 0 Å². The molecule has 1 aromatic rings. The van der Waals surface area contributed by atoms with E-state index in [1.54, 1.807) is 0 Å². The summed E-state index contributed by atoms with van der Waals surface area (Å²) in [6, 6.07) is -0.400. The number of benzene rings is 1. The van der Waals surface area contributed by atoms with Crippen molar-refractivity contribution < 1.29 is 47.9 Å². The molecule has 0 bridgehead atoms. The zero-order chi connectivity index (χ0) is 19.4. The normalized spacial score (nSPS) is 15.9. The molecule has 0 aliphatic heterocycles. The van der Waals surface area contributed by atoms with E-state index in [4.69, 9.17) is 15.9 Å². The van der Waals surface area contributed by atoms with E-state index in [0.29, 0.717) is 12.1 Å². The number of ether oxygens (including phenoxy) is 1. The van der Waals surface area contributed by atoms with E-state index in [-0.39, 0.29) is 0 Å². The van der Waals surface area contributed by atoms with Crippen molar-refractivity contribution in [3.8, 4) is 5.75 Å². The molecule has 3 atom stereocenters. The van der Waals surface area contributed by atoms with Gasteiger partial charge in [-0.1, -0.05) is 0 Å². The molecule has 25 heavy (non-hydrogen) atoms. The maximum Gasteiger partial charge on any atom is 0.341 e. The summed E-state index contributed by atoms with van der Waals surface area (Å²) in [5.41, 5.74) is 4.60. The van der Waals surface area contributed by atoms with Gasteiger partial charge in [0.05, 0.1) is 0 Å². The third kappa shape index (κ3) is 5.75. The number of carboxylic acid groups (broad SMARTS) is 2. The van der Waals surface area contributed by atoms with Crippen molar-refractivity contribution in [2.45, 2.75) is 18.3 Å². The summed E-state index contributed by atoms with van der Waals surface area (Å²) in [6.45, 7) is -1.01. The first-order valence-electron chi connectivity index (χ1n) is 6.77. The number of carbonyl (C=O) groups is 2. The van der Waals surface area contributed by atoms with Gasteiger partial charge in [-0.15, -0.1) is 0 Å². The molecular formula is C13H16F2NO8P. The Labute approximate surface area is 140 Å². The van der Waals surface area contributed by atoms with Gasteiger partial charge in [-0.3, -0.25) is 9.36 Å². The Morgan fingerprint density at radius 3 is 2.20 bits per heavy atom. The lowest BCUT2D eigenvalue weighted by Gasteiger charge is -2.20. The Morgan fingerprint density at radius 1 is 1.24 bits per heavy atom. The van der Waals surface area contributed by atoms with Gasteiger partial charge in [-0.05, 0) is 24.1 Å². The molecule has 9 nitrogen and oxygen atoms in total. The molecule has 6 N–H and O–H groups in total. The molecule has 0 aromatic heterocycles. The minimum Gasteiger partial charge on any atom is -0.480 e. The highest BCUT2D eigenvalue weighted by atomic mass is 31.2. The fraction of sp³-hybridized carbons (Fsp3) is 0.385. The minimum absolute atomic E-state index is 0.440. The Bertz CT molecular complexity index is 690. The molecule has 0 radical (unpaired) electrons. The second-order valence-electron chi connectivity index (χ2n) is 5.08. The highest BCUT2D eigenvalue weighted by Crippen LogP contribution is 2.54. The number of nitrogens with two attached hydrogens (primary N) is 1.